The highest BCUT2D eigenvalue weighted by Gasteiger charge is 2.43. The number of aromatic nitrogens is 2. The molecular weight excluding hydrogens is 554 g/mol. The summed E-state index contributed by atoms with van der Waals surface area (Å²) in [4.78, 5) is 34.1. The van der Waals surface area contributed by atoms with Crippen molar-refractivity contribution >= 4 is 23.2 Å². The topological polar surface area (TPSA) is 144 Å². The third-order valence-electron chi connectivity index (χ3n) is 7.63. The highest BCUT2D eigenvalue weighted by Crippen LogP contribution is 2.33. The number of nitrogens with two attached hydrogens (primary N) is 1. The molecule has 0 aliphatic carbocycles. The third kappa shape index (κ3) is 7.76. The quantitative estimate of drug-likeness (QED) is 0.233. The lowest BCUT2D eigenvalue weighted by Gasteiger charge is -2.28. The van der Waals surface area contributed by atoms with Gasteiger partial charge in [-0.1, -0.05) is 44.0 Å². The molecule has 4 N–H and O–H groups in total. The van der Waals surface area contributed by atoms with Crippen LogP contribution in [0.4, 0.5) is 0 Å². The molecule has 1 saturated heterocycles. The fourth-order valence-electron chi connectivity index (χ4n) is 5.39. The Morgan fingerprint density at radius 3 is 2.67 bits per heavy atom. The molecule has 3 atom stereocenters. The van der Waals surface area contributed by atoms with E-state index in [1.165, 1.54) is 4.90 Å². The van der Waals surface area contributed by atoms with Crippen LogP contribution in [-0.4, -0.2) is 63.8 Å². The smallest absolute Gasteiger partial charge is 0.243 e. The Morgan fingerprint density at radius 2 is 2.00 bits per heavy atom. The number of aliphatic hydroxyl groups is 1. The maximum atomic E-state index is 13.7. The van der Waals surface area contributed by atoms with Crippen LogP contribution in [0.15, 0.2) is 34.3 Å². The van der Waals surface area contributed by atoms with E-state index in [0.29, 0.717) is 30.4 Å². The Labute approximate surface area is 251 Å². The van der Waals surface area contributed by atoms with Crippen LogP contribution in [0.2, 0.25) is 0 Å². The molecule has 2 aromatic heterocycles. The zero-order chi connectivity index (χ0) is 30.2. The van der Waals surface area contributed by atoms with Crippen LogP contribution in [-0.2, 0) is 16.1 Å². The predicted molar refractivity (Wildman–Crippen MR) is 162 cm³/mol. The van der Waals surface area contributed by atoms with Crippen LogP contribution in [0.3, 0.4) is 0 Å². The standard InChI is InChI=1S/C31H43N5O5S/c1-19(2)28(27-13-20(3)35-41-27)31(39)36-17-24(37)15-25(36)30(38)33-16-23-10-9-22(29-21(4)34-18-42-29)14-26(23)40-12-8-6-5-7-11-32/h9-10,13-14,18-19,24-25,28,37H,5-8,11-12,15-17,32H2,1-4H3,(H,33,38)/t24-,25+,28?/m1/s1. The van der Waals surface area contributed by atoms with Crippen molar-refractivity contribution in [1.29, 1.82) is 0 Å². The van der Waals surface area contributed by atoms with Crippen molar-refractivity contribution in [2.45, 2.75) is 84.4 Å². The first-order valence-corrected chi connectivity index (χ1v) is 15.6. The summed E-state index contributed by atoms with van der Waals surface area (Å²) < 4.78 is 11.6. The van der Waals surface area contributed by atoms with Gasteiger partial charge in [-0.05, 0) is 50.8 Å². The summed E-state index contributed by atoms with van der Waals surface area (Å²) in [5.74, 6) is -0.0676. The second kappa shape index (κ2) is 14.8. The molecule has 1 aliphatic heterocycles. The molecular formula is C31H43N5O5S. The van der Waals surface area contributed by atoms with E-state index >= 15 is 0 Å². The molecule has 228 valence electrons. The van der Waals surface area contributed by atoms with Gasteiger partial charge in [0.2, 0.25) is 11.8 Å². The number of β-amino-alcohol motifs (C(OH)–C–C–N with tert-alkyl or cyclic N) is 1. The number of nitrogens with zero attached hydrogens (tertiary/aromatic N) is 3. The summed E-state index contributed by atoms with van der Waals surface area (Å²) in [7, 11) is 0. The number of hydrogen-bond acceptors (Lipinski definition) is 9. The van der Waals surface area contributed by atoms with E-state index in [4.69, 9.17) is 15.0 Å². The van der Waals surface area contributed by atoms with Gasteiger partial charge in [-0.3, -0.25) is 9.59 Å². The second-order valence-corrected chi connectivity index (χ2v) is 12.2. The van der Waals surface area contributed by atoms with E-state index in [2.05, 4.69) is 15.5 Å². The fraction of sp³-hybridized carbons (Fsp3) is 0.548. The number of carbonyl (C=O) groups is 2. The molecule has 0 radical (unpaired) electrons. The molecule has 11 heteroatoms. The Balaban J connectivity index is 1.47. The van der Waals surface area contributed by atoms with Gasteiger partial charge >= 0.3 is 0 Å². The lowest BCUT2D eigenvalue weighted by molar-refractivity contribution is -0.141. The highest BCUT2D eigenvalue weighted by atomic mass is 32.1. The maximum absolute atomic E-state index is 13.7. The lowest BCUT2D eigenvalue weighted by Crippen LogP contribution is -2.48. The van der Waals surface area contributed by atoms with Gasteiger partial charge in [-0.25, -0.2) is 4.98 Å². The average molecular weight is 598 g/mol. The van der Waals surface area contributed by atoms with Gasteiger partial charge in [-0.2, -0.15) is 0 Å². The number of aliphatic hydroxyl groups excluding tert-OH is 1. The Bertz CT molecular complexity index is 1340. The number of thiazole rings is 1. The number of unbranched alkanes of at least 4 members (excludes halogenated alkanes) is 3. The van der Waals surface area contributed by atoms with Crippen LogP contribution < -0.4 is 15.8 Å². The highest BCUT2D eigenvalue weighted by molar-refractivity contribution is 7.13. The first-order valence-electron chi connectivity index (χ1n) is 14.7. The van der Waals surface area contributed by atoms with E-state index < -0.39 is 18.1 Å². The monoisotopic (exact) mass is 597 g/mol. The van der Waals surface area contributed by atoms with Crippen LogP contribution in [0.5, 0.6) is 5.75 Å². The molecule has 42 heavy (non-hydrogen) atoms. The van der Waals surface area contributed by atoms with Crippen molar-refractivity contribution in [3.05, 3.63) is 52.5 Å². The molecule has 0 spiro atoms. The predicted octanol–water partition coefficient (Wildman–Crippen LogP) is 4.33. The van der Waals surface area contributed by atoms with Crippen molar-refractivity contribution in [3.63, 3.8) is 0 Å². The van der Waals surface area contributed by atoms with E-state index in [-0.39, 0.29) is 37.2 Å². The van der Waals surface area contributed by atoms with Crippen LogP contribution >= 0.6 is 11.3 Å². The van der Waals surface area contributed by atoms with Crippen molar-refractivity contribution in [2.24, 2.45) is 11.7 Å². The zero-order valence-corrected chi connectivity index (χ0v) is 25.8. The van der Waals surface area contributed by atoms with E-state index in [1.807, 2.05) is 44.5 Å². The van der Waals surface area contributed by atoms with Gasteiger partial charge in [-0.15, -0.1) is 11.3 Å². The number of benzene rings is 1. The van der Waals surface area contributed by atoms with Crippen molar-refractivity contribution in [3.8, 4) is 16.2 Å². The van der Waals surface area contributed by atoms with Gasteiger partial charge in [0.1, 0.15) is 23.5 Å². The number of ether oxygens (including phenoxy) is 1. The molecule has 3 aromatic rings. The number of nitrogens with one attached hydrogen (secondary N) is 1. The molecule has 3 heterocycles. The largest absolute Gasteiger partial charge is 0.493 e. The van der Waals surface area contributed by atoms with Crippen molar-refractivity contribution < 1.29 is 24.0 Å². The number of hydrogen-bond donors (Lipinski definition) is 3. The minimum atomic E-state index is -0.788. The van der Waals surface area contributed by atoms with E-state index in [0.717, 1.165) is 47.4 Å². The van der Waals surface area contributed by atoms with Gasteiger partial charge in [0.25, 0.3) is 0 Å². The van der Waals surface area contributed by atoms with Crippen LogP contribution in [0.25, 0.3) is 10.4 Å². The molecule has 1 fully saturated rings. The molecule has 1 aliphatic rings. The molecule has 1 unspecified atom stereocenters. The van der Waals surface area contributed by atoms with Gasteiger partial charge in [0.05, 0.1) is 34.5 Å². The zero-order valence-electron chi connectivity index (χ0n) is 25.0. The summed E-state index contributed by atoms with van der Waals surface area (Å²) in [6, 6.07) is 6.94. The van der Waals surface area contributed by atoms with Crippen LogP contribution in [0.1, 0.15) is 74.6 Å². The summed E-state index contributed by atoms with van der Waals surface area (Å²) in [6.07, 6.45) is 3.41. The summed E-state index contributed by atoms with van der Waals surface area (Å²) in [5.41, 5.74) is 10.9. The molecule has 10 nitrogen and oxygen atoms in total. The molecule has 0 saturated carbocycles. The minimum absolute atomic E-state index is 0.0815. The van der Waals surface area contributed by atoms with Crippen LogP contribution in [0, 0.1) is 19.8 Å². The Kier molecular flexibility index (Phi) is 11.1. The number of likely N-dealkylation sites (tertiary alicyclic amines) is 1. The number of amides is 2. The lowest BCUT2D eigenvalue weighted by atomic mass is 9.91. The minimum Gasteiger partial charge on any atom is -0.493 e. The Hall–Kier alpha value is -3.28. The molecule has 2 amide bonds. The SMILES string of the molecule is Cc1cc(C(C(=O)N2C[C@H](O)C[C@H]2C(=O)NCc2ccc(-c3scnc3C)cc2OCCCCCCN)C(C)C)on1. The van der Waals surface area contributed by atoms with Gasteiger partial charge < -0.3 is 30.3 Å². The average Bonchev–Trinajstić information content (AvgIpc) is 3.69. The maximum Gasteiger partial charge on any atom is 0.243 e. The summed E-state index contributed by atoms with van der Waals surface area (Å²) in [5, 5.41) is 17.4. The number of aryl methyl sites for hydroxylation is 2. The fourth-order valence-corrected chi connectivity index (χ4v) is 6.19. The molecule has 0 bridgehead atoms. The van der Waals surface area contributed by atoms with Crippen molar-refractivity contribution in [2.75, 3.05) is 19.7 Å². The third-order valence-corrected chi connectivity index (χ3v) is 8.61. The van der Waals surface area contributed by atoms with E-state index in [1.54, 1.807) is 24.3 Å². The number of rotatable bonds is 14. The number of carbonyl (C=O) groups excluding carboxylic acids is 2. The van der Waals surface area contributed by atoms with Crippen molar-refractivity contribution in [1.82, 2.24) is 20.4 Å². The summed E-state index contributed by atoms with van der Waals surface area (Å²) >= 11 is 1.58. The molecule has 1 aromatic carbocycles. The van der Waals surface area contributed by atoms with Gasteiger partial charge in [0, 0.05) is 31.1 Å². The summed E-state index contributed by atoms with van der Waals surface area (Å²) in [6.45, 7) is 9.22. The molecule has 4 rings (SSSR count). The first kappa shape index (κ1) is 31.7. The van der Waals surface area contributed by atoms with Gasteiger partial charge in [0.15, 0.2) is 0 Å². The van der Waals surface area contributed by atoms with E-state index in [9.17, 15) is 14.7 Å². The Morgan fingerprint density at radius 1 is 1.21 bits per heavy atom. The normalized spacial score (nSPS) is 17.5. The second-order valence-electron chi connectivity index (χ2n) is 11.3. The first-order chi connectivity index (χ1) is 20.2.